The van der Waals surface area contributed by atoms with Crippen LogP contribution in [0.2, 0.25) is 0 Å². The molecule has 8 heteroatoms. The predicted octanol–water partition coefficient (Wildman–Crippen LogP) is 2.21. The predicted molar refractivity (Wildman–Crippen MR) is 80.8 cm³/mol. The van der Waals surface area contributed by atoms with Crippen LogP contribution in [0.15, 0.2) is 15.1 Å². The minimum Gasteiger partial charge on any atom is -0.506 e. The van der Waals surface area contributed by atoms with Crippen LogP contribution in [0.5, 0.6) is 5.75 Å². The van der Waals surface area contributed by atoms with Crippen LogP contribution in [-0.4, -0.2) is 27.9 Å². The largest absolute Gasteiger partial charge is 0.506 e. The van der Waals surface area contributed by atoms with Crippen LogP contribution >= 0.6 is 23.1 Å². The van der Waals surface area contributed by atoms with Gasteiger partial charge in [-0.15, -0.1) is 11.3 Å². The fraction of sp³-hybridized carbons (Fsp3) is 0.308. The van der Waals surface area contributed by atoms with Crippen molar-refractivity contribution in [2.45, 2.75) is 23.3 Å². The first-order chi connectivity index (χ1) is 9.97. The van der Waals surface area contributed by atoms with Gasteiger partial charge in [-0.05, 0) is 13.8 Å². The molecule has 1 atom stereocenters. The molecule has 2 N–H and O–H groups in total. The number of hydrogen-bond donors (Lipinski definition) is 2. The van der Waals surface area contributed by atoms with Crippen LogP contribution in [0.4, 0.5) is 0 Å². The van der Waals surface area contributed by atoms with E-state index in [0.29, 0.717) is 14.4 Å². The van der Waals surface area contributed by atoms with Crippen LogP contribution in [0.3, 0.4) is 0 Å². The van der Waals surface area contributed by atoms with Gasteiger partial charge in [0.15, 0.2) is 0 Å². The van der Waals surface area contributed by atoms with Crippen LogP contribution in [-0.2, 0) is 9.53 Å². The Bertz CT molecular complexity index is 788. The maximum atomic E-state index is 11.7. The number of aromatic nitrogens is 1. The molecule has 0 amide bonds. The van der Waals surface area contributed by atoms with Gasteiger partial charge in [0.1, 0.15) is 22.6 Å². The number of fused-ring (bicyclic) bond motifs is 1. The minimum absolute atomic E-state index is 0.175. The van der Waals surface area contributed by atoms with E-state index in [1.54, 1.807) is 13.8 Å². The lowest BCUT2D eigenvalue weighted by atomic mass is 10.3. The minimum atomic E-state index is -0.487. The lowest BCUT2D eigenvalue weighted by Crippen LogP contribution is -2.16. The molecule has 0 aromatic carbocycles. The monoisotopic (exact) mass is 324 g/mol. The summed E-state index contributed by atoms with van der Waals surface area (Å²) in [5.74, 6) is -0.549. The van der Waals surface area contributed by atoms with E-state index in [2.05, 4.69) is 4.98 Å². The smallest absolute Gasteiger partial charge is 0.319 e. The van der Waals surface area contributed by atoms with Crippen LogP contribution in [0, 0.1) is 11.3 Å². The molecule has 0 aliphatic rings. The number of thiophene rings is 1. The van der Waals surface area contributed by atoms with Crippen LogP contribution in [0.25, 0.3) is 10.2 Å². The van der Waals surface area contributed by atoms with E-state index in [-0.39, 0.29) is 23.9 Å². The lowest BCUT2D eigenvalue weighted by Gasteiger charge is -2.08. The fourth-order valence-corrected chi connectivity index (χ4v) is 4.19. The number of aromatic amines is 1. The van der Waals surface area contributed by atoms with Crippen molar-refractivity contribution in [3.63, 3.8) is 0 Å². The van der Waals surface area contributed by atoms with E-state index in [4.69, 9.17) is 4.74 Å². The molecule has 0 radical (unpaired) electrons. The number of carbonyl (C=O) groups is 1. The van der Waals surface area contributed by atoms with Crippen molar-refractivity contribution in [1.29, 1.82) is 5.26 Å². The zero-order chi connectivity index (χ0) is 15.6. The molecule has 0 spiro atoms. The van der Waals surface area contributed by atoms with Gasteiger partial charge >= 0.3 is 5.97 Å². The van der Waals surface area contributed by atoms with E-state index in [1.165, 1.54) is 11.8 Å². The molecule has 2 aromatic rings. The Labute approximate surface area is 128 Å². The molecule has 0 aliphatic carbocycles. The second kappa shape index (κ2) is 6.20. The molecule has 6 nitrogen and oxygen atoms in total. The summed E-state index contributed by atoms with van der Waals surface area (Å²) >= 11 is 2.33. The number of carbonyl (C=O) groups excluding carboxylic acids is 1. The third-order valence-corrected chi connectivity index (χ3v) is 5.15. The molecule has 1 unspecified atom stereocenters. The maximum absolute atomic E-state index is 11.7. The third-order valence-electron chi connectivity index (χ3n) is 2.64. The number of aromatic hydroxyl groups is 1. The average Bonchev–Trinajstić information content (AvgIpc) is 2.76. The Hall–Kier alpha value is -1.98. The number of H-pyrrole nitrogens is 1. The molecular formula is C13H12N2O4S2. The van der Waals surface area contributed by atoms with Crippen LogP contribution < -0.4 is 5.56 Å². The van der Waals surface area contributed by atoms with Gasteiger partial charge in [0, 0.05) is 6.07 Å². The van der Waals surface area contributed by atoms with Crippen molar-refractivity contribution in [2.24, 2.45) is 0 Å². The first kappa shape index (κ1) is 15.4. The summed E-state index contributed by atoms with van der Waals surface area (Å²) in [4.78, 5) is 25.6. The topological polar surface area (TPSA) is 103 Å². The summed E-state index contributed by atoms with van der Waals surface area (Å²) in [6.45, 7) is 3.68. The van der Waals surface area contributed by atoms with Crippen molar-refractivity contribution in [1.82, 2.24) is 4.98 Å². The highest BCUT2D eigenvalue weighted by atomic mass is 32.2. The van der Waals surface area contributed by atoms with Gasteiger partial charge in [-0.25, -0.2) is 0 Å². The summed E-state index contributed by atoms with van der Waals surface area (Å²) < 4.78 is 5.90. The summed E-state index contributed by atoms with van der Waals surface area (Å²) in [6.07, 6.45) is 0. The number of hydrogen-bond acceptors (Lipinski definition) is 7. The first-order valence-electron chi connectivity index (χ1n) is 6.10. The Balaban J connectivity index is 2.46. The Morgan fingerprint density at radius 3 is 3.00 bits per heavy atom. The summed E-state index contributed by atoms with van der Waals surface area (Å²) in [7, 11) is 0. The van der Waals surface area contributed by atoms with Crippen molar-refractivity contribution < 1.29 is 14.6 Å². The number of thioether (sulfide) groups is 1. The van der Waals surface area contributed by atoms with Gasteiger partial charge in [0.2, 0.25) is 0 Å². The Kier molecular flexibility index (Phi) is 4.55. The summed E-state index contributed by atoms with van der Waals surface area (Å²) in [5, 5.41) is 18.6. The number of rotatable bonds is 4. The summed E-state index contributed by atoms with van der Waals surface area (Å²) in [6, 6.07) is 3.06. The van der Waals surface area contributed by atoms with Gasteiger partial charge in [-0.2, -0.15) is 5.26 Å². The molecule has 110 valence electrons. The van der Waals surface area contributed by atoms with Crippen LogP contribution in [0.1, 0.15) is 19.4 Å². The van der Waals surface area contributed by atoms with Gasteiger partial charge < -0.3 is 14.8 Å². The molecule has 0 bridgehead atoms. The standard InChI is InChI=1S/C13H12N2O4S2/c1-3-19-12(18)6(2)20-13-7(5-14)10-11(21-13)8(16)4-9(17)15-10/h4,6H,3H2,1-2H3,(H2,15,16,17). The maximum Gasteiger partial charge on any atom is 0.319 e. The Morgan fingerprint density at radius 1 is 1.67 bits per heavy atom. The molecule has 0 aliphatic heterocycles. The molecule has 2 aromatic heterocycles. The Morgan fingerprint density at radius 2 is 2.38 bits per heavy atom. The van der Waals surface area contributed by atoms with Crippen molar-refractivity contribution >= 4 is 39.3 Å². The average molecular weight is 324 g/mol. The summed E-state index contributed by atoms with van der Waals surface area (Å²) in [5.41, 5.74) is 0.0690. The quantitative estimate of drug-likeness (QED) is 0.660. The zero-order valence-corrected chi connectivity index (χ0v) is 12.9. The van der Waals surface area contributed by atoms with E-state index < -0.39 is 10.8 Å². The molecule has 2 heterocycles. The normalized spacial score (nSPS) is 12.0. The first-order valence-corrected chi connectivity index (χ1v) is 7.79. The van der Waals surface area contributed by atoms with Gasteiger partial charge in [-0.3, -0.25) is 9.59 Å². The van der Waals surface area contributed by atoms with Gasteiger partial charge in [-0.1, -0.05) is 11.8 Å². The van der Waals surface area contributed by atoms with Crippen molar-refractivity contribution in [3.8, 4) is 11.8 Å². The zero-order valence-electron chi connectivity index (χ0n) is 11.3. The number of ether oxygens (including phenoxy) is 1. The molecule has 2 rings (SSSR count). The van der Waals surface area contributed by atoms with E-state index in [0.717, 1.165) is 17.4 Å². The van der Waals surface area contributed by atoms with Crippen molar-refractivity contribution in [3.05, 3.63) is 22.0 Å². The molecular weight excluding hydrogens is 312 g/mol. The molecule has 0 fully saturated rings. The number of pyridine rings is 1. The van der Waals surface area contributed by atoms with E-state index in [9.17, 15) is 20.0 Å². The lowest BCUT2D eigenvalue weighted by molar-refractivity contribution is -0.142. The van der Waals surface area contributed by atoms with Crippen molar-refractivity contribution in [2.75, 3.05) is 6.61 Å². The second-order valence-corrected chi connectivity index (χ2v) is 6.74. The second-order valence-electron chi connectivity index (χ2n) is 4.11. The SMILES string of the molecule is CCOC(=O)C(C)Sc1sc2c(O)cc(=O)[nH]c2c1C#N. The number of nitriles is 1. The molecule has 0 saturated carbocycles. The molecule has 0 saturated heterocycles. The number of esters is 1. The highest BCUT2D eigenvalue weighted by Gasteiger charge is 2.22. The molecule has 21 heavy (non-hydrogen) atoms. The number of nitrogens with zero attached hydrogens (tertiary/aromatic N) is 1. The highest BCUT2D eigenvalue weighted by Crippen LogP contribution is 2.41. The highest BCUT2D eigenvalue weighted by molar-refractivity contribution is 8.02. The van der Waals surface area contributed by atoms with E-state index in [1.807, 2.05) is 6.07 Å². The number of nitrogens with one attached hydrogen (secondary N) is 1. The third kappa shape index (κ3) is 3.04. The van der Waals surface area contributed by atoms with Gasteiger partial charge in [0.25, 0.3) is 5.56 Å². The fourth-order valence-electron chi connectivity index (χ4n) is 1.71. The van der Waals surface area contributed by atoms with Gasteiger partial charge in [0.05, 0.1) is 21.0 Å². The van der Waals surface area contributed by atoms with E-state index >= 15 is 0 Å².